The minimum Gasteiger partial charge on any atom is -0.455 e. The van der Waals surface area contributed by atoms with Crippen LogP contribution in [0.3, 0.4) is 0 Å². The summed E-state index contributed by atoms with van der Waals surface area (Å²) in [7, 11) is 0. The molecule has 2 rings (SSSR count). The van der Waals surface area contributed by atoms with Gasteiger partial charge in [0.2, 0.25) is 0 Å². The van der Waals surface area contributed by atoms with Crippen molar-refractivity contribution in [2.24, 2.45) is 0 Å². The Labute approximate surface area is 154 Å². The molecule has 0 aliphatic carbocycles. The van der Waals surface area contributed by atoms with Crippen molar-refractivity contribution in [3.8, 4) is 0 Å². The molecule has 1 atom stereocenters. The van der Waals surface area contributed by atoms with Crippen molar-refractivity contribution in [2.75, 3.05) is 6.61 Å². The average molecular weight is 384 g/mol. The number of esters is 1. The maximum atomic E-state index is 12.8. The number of rotatable bonds is 6. The number of halogens is 3. The third kappa shape index (κ3) is 6.03. The Bertz CT molecular complexity index is 765. The fourth-order valence-corrected chi connectivity index (χ4v) is 2.75. The molecule has 0 aromatic heterocycles. The van der Waals surface area contributed by atoms with E-state index in [1.165, 1.54) is 24.3 Å². The van der Waals surface area contributed by atoms with E-state index in [1.807, 2.05) is 0 Å². The summed E-state index contributed by atoms with van der Waals surface area (Å²) >= 11 is 11.9. The quantitative estimate of drug-likeness (QED) is 0.764. The van der Waals surface area contributed by atoms with Crippen molar-refractivity contribution >= 4 is 35.1 Å². The number of nitrogens with one attached hydrogen (secondary N) is 1. The number of hydrogen-bond acceptors (Lipinski definition) is 3. The molecule has 1 amide bonds. The van der Waals surface area contributed by atoms with Crippen LogP contribution in [0, 0.1) is 5.82 Å². The Morgan fingerprint density at radius 2 is 1.84 bits per heavy atom. The van der Waals surface area contributed by atoms with E-state index in [-0.39, 0.29) is 18.3 Å². The molecule has 0 saturated carbocycles. The Hall–Kier alpha value is -2.11. The van der Waals surface area contributed by atoms with Gasteiger partial charge in [0.15, 0.2) is 6.61 Å². The molecule has 132 valence electrons. The summed E-state index contributed by atoms with van der Waals surface area (Å²) in [6, 6.07) is 10.1. The Kier molecular flexibility index (Phi) is 6.79. The number of ether oxygens (including phenoxy) is 1. The van der Waals surface area contributed by atoms with Crippen LogP contribution in [0.1, 0.15) is 24.1 Å². The highest BCUT2D eigenvalue weighted by Crippen LogP contribution is 2.25. The molecular weight excluding hydrogens is 368 g/mol. The minimum absolute atomic E-state index is 0.0356. The molecule has 0 radical (unpaired) electrons. The lowest BCUT2D eigenvalue weighted by molar-refractivity contribution is -0.148. The van der Waals surface area contributed by atoms with Crippen molar-refractivity contribution in [3.05, 3.63) is 69.5 Å². The zero-order valence-electron chi connectivity index (χ0n) is 13.4. The maximum absolute atomic E-state index is 12.8. The first-order chi connectivity index (χ1) is 11.8. The highest BCUT2D eigenvalue weighted by atomic mass is 35.5. The molecule has 0 unspecified atom stereocenters. The summed E-state index contributed by atoms with van der Waals surface area (Å²) in [6.07, 6.45) is -0.0356. The monoisotopic (exact) mass is 383 g/mol. The summed E-state index contributed by atoms with van der Waals surface area (Å²) in [5.41, 5.74) is 1.31. The van der Waals surface area contributed by atoms with E-state index in [0.717, 1.165) is 0 Å². The first kappa shape index (κ1) is 19.2. The van der Waals surface area contributed by atoms with Crippen LogP contribution in [-0.4, -0.2) is 18.5 Å². The summed E-state index contributed by atoms with van der Waals surface area (Å²) in [5, 5.41) is 3.63. The number of carbonyl (C=O) groups is 2. The summed E-state index contributed by atoms with van der Waals surface area (Å²) in [5.74, 6) is -1.41. The zero-order valence-corrected chi connectivity index (χ0v) is 14.9. The number of carbonyl (C=O) groups excluding carboxylic acids is 2. The first-order valence-corrected chi connectivity index (χ1v) is 8.25. The van der Waals surface area contributed by atoms with Crippen LogP contribution in [0.2, 0.25) is 10.0 Å². The van der Waals surface area contributed by atoms with E-state index in [1.54, 1.807) is 25.1 Å². The zero-order chi connectivity index (χ0) is 18.4. The molecule has 0 spiro atoms. The first-order valence-electron chi connectivity index (χ1n) is 7.49. The molecule has 0 aliphatic heterocycles. The predicted octanol–water partition coefficient (Wildman–Crippen LogP) is 4.10. The van der Waals surface area contributed by atoms with E-state index in [4.69, 9.17) is 27.9 Å². The molecular formula is C18H16Cl2FNO3. The smallest absolute Gasteiger partial charge is 0.310 e. The molecule has 0 saturated heterocycles. The number of benzene rings is 2. The molecule has 2 aromatic carbocycles. The van der Waals surface area contributed by atoms with Gasteiger partial charge in [-0.2, -0.15) is 0 Å². The van der Waals surface area contributed by atoms with Crippen LogP contribution in [0.25, 0.3) is 0 Å². The highest BCUT2D eigenvalue weighted by Gasteiger charge is 2.14. The summed E-state index contributed by atoms with van der Waals surface area (Å²) in [4.78, 5) is 23.6. The van der Waals surface area contributed by atoms with Gasteiger partial charge in [-0.05, 0) is 42.3 Å². The highest BCUT2D eigenvalue weighted by molar-refractivity contribution is 6.35. The molecule has 1 N–H and O–H groups in total. The Morgan fingerprint density at radius 3 is 2.48 bits per heavy atom. The lowest BCUT2D eigenvalue weighted by atomic mass is 10.1. The van der Waals surface area contributed by atoms with Gasteiger partial charge < -0.3 is 10.1 Å². The topological polar surface area (TPSA) is 55.4 Å². The second-order valence-corrected chi connectivity index (χ2v) is 6.26. The Balaban J connectivity index is 1.81. The second kappa shape index (κ2) is 8.83. The molecule has 0 fully saturated rings. The SMILES string of the molecule is C[C@@H](NC(=O)COC(=O)Cc1ccc(F)cc1)c1ccc(Cl)cc1Cl. The predicted molar refractivity (Wildman–Crippen MR) is 94.1 cm³/mol. The van der Waals surface area contributed by atoms with Gasteiger partial charge in [-0.1, -0.05) is 41.4 Å². The van der Waals surface area contributed by atoms with E-state index in [9.17, 15) is 14.0 Å². The van der Waals surface area contributed by atoms with Gasteiger partial charge in [-0.15, -0.1) is 0 Å². The van der Waals surface area contributed by atoms with Crippen molar-refractivity contribution in [3.63, 3.8) is 0 Å². The normalized spacial score (nSPS) is 11.7. The maximum Gasteiger partial charge on any atom is 0.310 e. The fraction of sp³-hybridized carbons (Fsp3) is 0.222. The molecule has 25 heavy (non-hydrogen) atoms. The van der Waals surface area contributed by atoms with E-state index >= 15 is 0 Å². The molecule has 7 heteroatoms. The average Bonchev–Trinajstić information content (AvgIpc) is 2.55. The molecule has 0 heterocycles. The van der Waals surface area contributed by atoms with Crippen molar-refractivity contribution < 1.29 is 18.7 Å². The van der Waals surface area contributed by atoms with Crippen molar-refractivity contribution in [1.29, 1.82) is 0 Å². The lowest BCUT2D eigenvalue weighted by Crippen LogP contribution is -2.31. The lowest BCUT2D eigenvalue weighted by Gasteiger charge is -2.16. The second-order valence-electron chi connectivity index (χ2n) is 5.42. The van der Waals surface area contributed by atoms with Crippen LogP contribution < -0.4 is 5.32 Å². The van der Waals surface area contributed by atoms with Gasteiger partial charge in [0.25, 0.3) is 5.91 Å². The van der Waals surface area contributed by atoms with Crippen LogP contribution in [0.15, 0.2) is 42.5 Å². The molecule has 4 nitrogen and oxygen atoms in total. The van der Waals surface area contributed by atoms with Crippen LogP contribution in [0.5, 0.6) is 0 Å². The summed E-state index contributed by atoms with van der Waals surface area (Å²) in [6.45, 7) is 1.35. The number of hydrogen-bond donors (Lipinski definition) is 1. The third-order valence-electron chi connectivity index (χ3n) is 3.43. The van der Waals surface area contributed by atoms with Gasteiger partial charge >= 0.3 is 5.97 Å². The van der Waals surface area contributed by atoms with Gasteiger partial charge in [0.1, 0.15) is 5.82 Å². The van der Waals surface area contributed by atoms with Crippen LogP contribution in [0.4, 0.5) is 4.39 Å². The van der Waals surface area contributed by atoms with E-state index < -0.39 is 18.5 Å². The molecule has 2 aromatic rings. The van der Waals surface area contributed by atoms with Crippen molar-refractivity contribution in [1.82, 2.24) is 5.32 Å². The minimum atomic E-state index is -0.570. The van der Waals surface area contributed by atoms with Crippen LogP contribution >= 0.6 is 23.2 Å². The molecule has 0 bridgehead atoms. The number of amides is 1. The third-order valence-corrected chi connectivity index (χ3v) is 3.99. The largest absolute Gasteiger partial charge is 0.455 e. The van der Waals surface area contributed by atoms with Gasteiger partial charge in [0, 0.05) is 10.0 Å². The van der Waals surface area contributed by atoms with Gasteiger partial charge in [-0.3, -0.25) is 9.59 Å². The standard InChI is InChI=1S/C18H16Cl2FNO3/c1-11(15-7-4-13(19)9-16(15)20)22-17(23)10-25-18(24)8-12-2-5-14(21)6-3-12/h2-7,9,11H,8,10H2,1H3,(H,22,23)/t11-/m1/s1. The van der Waals surface area contributed by atoms with E-state index in [0.29, 0.717) is 21.2 Å². The fourth-order valence-electron chi connectivity index (χ4n) is 2.18. The van der Waals surface area contributed by atoms with Gasteiger partial charge in [-0.25, -0.2) is 4.39 Å². The summed E-state index contributed by atoms with van der Waals surface area (Å²) < 4.78 is 17.7. The van der Waals surface area contributed by atoms with E-state index in [2.05, 4.69) is 5.32 Å². The Morgan fingerprint density at radius 1 is 1.16 bits per heavy atom. The van der Waals surface area contributed by atoms with Gasteiger partial charge in [0.05, 0.1) is 12.5 Å². The van der Waals surface area contributed by atoms with Crippen molar-refractivity contribution in [2.45, 2.75) is 19.4 Å². The molecule has 0 aliphatic rings. The van der Waals surface area contributed by atoms with Crippen LogP contribution in [-0.2, 0) is 20.7 Å².